The number of hydrogen-bond acceptors (Lipinski definition) is 9. The van der Waals surface area contributed by atoms with Crippen molar-refractivity contribution in [3.8, 4) is 0 Å². The first kappa shape index (κ1) is 18.5. The van der Waals surface area contributed by atoms with Gasteiger partial charge in [-0.25, -0.2) is 4.79 Å². The maximum Gasteiger partial charge on any atom is 0.351 e. The predicted octanol–water partition coefficient (Wildman–Crippen LogP) is -0.768. The lowest BCUT2D eigenvalue weighted by Crippen LogP contribution is -2.43. The summed E-state index contributed by atoms with van der Waals surface area (Å²) in [5.74, 6) is -0.0570. The Morgan fingerprint density at radius 3 is 2.64 bits per heavy atom. The third-order valence-corrected chi connectivity index (χ3v) is 5.25. The Labute approximate surface area is 159 Å². The molecule has 5 atom stereocenters. The maximum absolute atomic E-state index is 12.5. The van der Waals surface area contributed by atoms with Crippen molar-refractivity contribution in [1.29, 1.82) is 0 Å². The van der Waals surface area contributed by atoms with Crippen molar-refractivity contribution in [3.05, 3.63) is 46.4 Å². The van der Waals surface area contributed by atoms with Crippen LogP contribution in [-0.4, -0.2) is 57.4 Å². The molecule has 2 unspecified atom stereocenters. The average Bonchev–Trinajstić information content (AvgIpc) is 3.09. The fourth-order valence-electron chi connectivity index (χ4n) is 3.73. The van der Waals surface area contributed by atoms with Gasteiger partial charge in [0.2, 0.25) is 0 Å². The number of aldehydes is 2. The van der Waals surface area contributed by atoms with Crippen molar-refractivity contribution in [2.45, 2.75) is 37.5 Å². The van der Waals surface area contributed by atoms with E-state index in [1.54, 1.807) is 11.0 Å². The molecular formula is C18H19N3O7. The second-order valence-corrected chi connectivity index (χ2v) is 6.86. The molecule has 1 saturated heterocycles. The molecular weight excluding hydrogens is 370 g/mol. The standard InChI is InChI=1S/C18H19N3O7/c22-6-10-5-21(16-3-12(10)11(7-23)9-27-16)15-1-2-20(18(26)19-15)17-4-13(25)14(8-24)28-17/h1-2,5-7,9,12-14,16-17,24-25H,3-4,8H2/t12?,13-,14+,16?,17+/m0/s1. The highest BCUT2D eigenvalue weighted by Gasteiger charge is 2.38. The SMILES string of the molecule is O=CC1=COC2CC1C(C=O)=CN2c1ccn([C@H]2C[C@H](O)[C@@H](CO)O2)c(=O)n1. The van der Waals surface area contributed by atoms with E-state index in [1.165, 1.54) is 23.2 Å². The Balaban J connectivity index is 1.62. The van der Waals surface area contributed by atoms with Gasteiger partial charge >= 0.3 is 5.69 Å². The Kier molecular flexibility index (Phi) is 4.84. The molecule has 4 rings (SSSR count). The van der Waals surface area contributed by atoms with E-state index in [0.717, 1.165) is 0 Å². The minimum Gasteiger partial charge on any atom is -0.477 e. The van der Waals surface area contributed by atoms with Crippen LogP contribution in [0.15, 0.2) is 40.7 Å². The van der Waals surface area contributed by atoms with E-state index in [4.69, 9.17) is 9.47 Å². The Morgan fingerprint density at radius 2 is 2.00 bits per heavy atom. The van der Waals surface area contributed by atoms with Crippen LogP contribution in [0, 0.1) is 5.92 Å². The number of aliphatic hydroxyl groups is 2. The topological polar surface area (TPSA) is 131 Å². The molecule has 10 nitrogen and oxygen atoms in total. The van der Waals surface area contributed by atoms with Gasteiger partial charge in [0.1, 0.15) is 30.7 Å². The first-order valence-corrected chi connectivity index (χ1v) is 8.85. The number of anilines is 1. The molecule has 1 aromatic rings. The van der Waals surface area contributed by atoms with Crippen LogP contribution >= 0.6 is 0 Å². The number of hydrogen-bond donors (Lipinski definition) is 2. The van der Waals surface area contributed by atoms with Gasteiger partial charge in [0.15, 0.2) is 6.23 Å². The fraction of sp³-hybridized carbons (Fsp3) is 0.444. The number of fused-ring (bicyclic) bond motifs is 2. The van der Waals surface area contributed by atoms with E-state index < -0.39 is 30.4 Å². The van der Waals surface area contributed by atoms with Gasteiger partial charge in [-0.2, -0.15) is 4.98 Å². The van der Waals surface area contributed by atoms with Crippen LogP contribution in [0.25, 0.3) is 0 Å². The summed E-state index contributed by atoms with van der Waals surface area (Å²) in [5.41, 5.74) is 0.196. The lowest BCUT2D eigenvalue weighted by molar-refractivity contribution is -0.106. The van der Waals surface area contributed by atoms with Crippen LogP contribution in [0.4, 0.5) is 5.82 Å². The second kappa shape index (κ2) is 7.30. The lowest BCUT2D eigenvalue weighted by Gasteiger charge is -2.39. The summed E-state index contributed by atoms with van der Waals surface area (Å²) in [6, 6.07) is 1.57. The Morgan fingerprint density at radius 1 is 1.21 bits per heavy atom. The molecule has 4 heterocycles. The van der Waals surface area contributed by atoms with Crippen LogP contribution in [-0.2, 0) is 19.1 Å². The number of aromatic nitrogens is 2. The highest BCUT2D eigenvalue weighted by Crippen LogP contribution is 2.36. The molecule has 0 spiro atoms. The lowest BCUT2D eigenvalue weighted by atomic mass is 9.85. The molecule has 0 saturated carbocycles. The molecule has 1 fully saturated rings. The molecule has 0 radical (unpaired) electrons. The van der Waals surface area contributed by atoms with Crippen LogP contribution in [0.1, 0.15) is 19.1 Å². The van der Waals surface area contributed by atoms with Crippen molar-refractivity contribution < 1.29 is 29.3 Å². The first-order chi connectivity index (χ1) is 13.5. The zero-order valence-electron chi connectivity index (χ0n) is 14.7. The van der Waals surface area contributed by atoms with E-state index in [0.29, 0.717) is 30.1 Å². The maximum atomic E-state index is 12.5. The number of rotatable bonds is 5. The van der Waals surface area contributed by atoms with Gasteiger partial charge in [-0.15, -0.1) is 0 Å². The highest BCUT2D eigenvalue weighted by molar-refractivity contribution is 5.83. The van der Waals surface area contributed by atoms with Gasteiger partial charge < -0.3 is 19.7 Å². The highest BCUT2D eigenvalue weighted by atomic mass is 16.5. The summed E-state index contributed by atoms with van der Waals surface area (Å²) in [6.07, 6.45) is 3.41. The van der Waals surface area contributed by atoms with Crippen molar-refractivity contribution in [2.24, 2.45) is 5.92 Å². The summed E-state index contributed by atoms with van der Waals surface area (Å²) in [5, 5.41) is 19.0. The number of allylic oxidation sites excluding steroid dienone is 2. The zero-order valence-corrected chi connectivity index (χ0v) is 14.7. The summed E-state index contributed by atoms with van der Waals surface area (Å²) < 4.78 is 12.3. The van der Waals surface area contributed by atoms with Crippen molar-refractivity contribution >= 4 is 18.4 Å². The summed E-state index contributed by atoms with van der Waals surface area (Å²) in [4.78, 5) is 40.7. The molecule has 28 heavy (non-hydrogen) atoms. The fourth-order valence-corrected chi connectivity index (χ4v) is 3.73. The quantitative estimate of drug-likeness (QED) is 0.623. The molecule has 0 amide bonds. The summed E-state index contributed by atoms with van der Waals surface area (Å²) >= 11 is 0. The van der Waals surface area contributed by atoms with Crippen molar-refractivity contribution in [3.63, 3.8) is 0 Å². The van der Waals surface area contributed by atoms with Crippen LogP contribution in [0.5, 0.6) is 0 Å². The molecule has 1 aromatic heterocycles. The zero-order chi connectivity index (χ0) is 19.8. The number of ether oxygens (including phenoxy) is 2. The monoisotopic (exact) mass is 389 g/mol. The number of aliphatic hydroxyl groups excluding tert-OH is 2. The van der Waals surface area contributed by atoms with Gasteiger partial charge in [0, 0.05) is 42.3 Å². The van der Waals surface area contributed by atoms with Crippen LogP contribution in [0.3, 0.4) is 0 Å². The smallest absolute Gasteiger partial charge is 0.351 e. The molecule has 148 valence electrons. The number of nitrogens with zero attached hydrogens (tertiary/aromatic N) is 3. The molecule has 10 heteroatoms. The summed E-state index contributed by atoms with van der Waals surface area (Å²) in [6.45, 7) is -0.346. The molecule has 2 bridgehead atoms. The molecule has 3 aliphatic heterocycles. The van der Waals surface area contributed by atoms with E-state index in [2.05, 4.69) is 4.98 Å². The van der Waals surface area contributed by atoms with Gasteiger partial charge in [0.05, 0.1) is 19.0 Å². The normalized spacial score (nSPS) is 31.6. The third-order valence-electron chi connectivity index (χ3n) is 5.25. The number of carbonyl (C=O) groups is 2. The molecule has 0 aliphatic carbocycles. The van der Waals surface area contributed by atoms with Gasteiger partial charge in [-0.05, 0) is 6.07 Å². The molecule has 2 N–H and O–H groups in total. The van der Waals surface area contributed by atoms with E-state index >= 15 is 0 Å². The van der Waals surface area contributed by atoms with Gasteiger partial charge in [0.25, 0.3) is 0 Å². The molecule has 3 aliphatic rings. The Bertz CT molecular complexity index is 909. The van der Waals surface area contributed by atoms with Crippen molar-refractivity contribution in [1.82, 2.24) is 9.55 Å². The van der Waals surface area contributed by atoms with Crippen LogP contribution in [0.2, 0.25) is 0 Å². The second-order valence-electron chi connectivity index (χ2n) is 6.86. The summed E-state index contributed by atoms with van der Waals surface area (Å²) in [7, 11) is 0. The van der Waals surface area contributed by atoms with E-state index in [-0.39, 0.29) is 24.8 Å². The average molecular weight is 389 g/mol. The van der Waals surface area contributed by atoms with Gasteiger partial charge in [-0.3, -0.25) is 19.1 Å². The van der Waals surface area contributed by atoms with Gasteiger partial charge in [-0.1, -0.05) is 0 Å². The van der Waals surface area contributed by atoms with E-state index in [9.17, 15) is 24.6 Å². The minimum atomic E-state index is -0.867. The largest absolute Gasteiger partial charge is 0.477 e. The number of carbonyl (C=O) groups excluding carboxylic acids is 2. The van der Waals surface area contributed by atoms with Crippen LogP contribution < -0.4 is 10.6 Å². The molecule has 0 aromatic carbocycles. The van der Waals surface area contributed by atoms with E-state index in [1.807, 2.05) is 0 Å². The minimum absolute atomic E-state index is 0.164. The third kappa shape index (κ3) is 3.05. The van der Waals surface area contributed by atoms with Crippen molar-refractivity contribution in [2.75, 3.05) is 11.5 Å². The first-order valence-electron chi connectivity index (χ1n) is 8.85. The predicted molar refractivity (Wildman–Crippen MR) is 93.9 cm³/mol. The Hall–Kier alpha value is -2.82.